The van der Waals surface area contributed by atoms with Crippen molar-refractivity contribution in [2.45, 2.75) is 25.8 Å². The maximum atomic E-state index is 5.93. The van der Waals surface area contributed by atoms with Crippen LogP contribution in [0.2, 0.25) is 0 Å². The summed E-state index contributed by atoms with van der Waals surface area (Å²) in [7, 11) is 0. The second-order valence-electron chi connectivity index (χ2n) is 4.98. The molecule has 1 atom stereocenters. The molecule has 3 rings (SSSR count). The Balaban J connectivity index is 2.00. The van der Waals surface area contributed by atoms with Gasteiger partial charge in [-0.25, -0.2) is 9.97 Å². The molecule has 1 unspecified atom stereocenters. The number of benzene rings is 1. The van der Waals surface area contributed by atoms with Crippen LogP contribution in [0, 0.1) is 0 Å². The third kappa shape index (κ3) is 3.15. The lowest BCUT2D eigenvalue weighted by Crippen LogP contribution is -2.10. The number of fused-ring (bicyclic) bond motifs is 1. The molecule has 110 valence electrons. The molecule has 1 aromatic carbocycles. The van der Waals surface area contributed by atoms with Crippen molar-refractivity contribution >= 4 is 49.9 Å². The number of aryl methyl sites for hydroxylation is 1. The number of imidazole rings is 1. The Morgan fingerprint density at radius 3 is 3.00 bits per heavy atom. The third-order valence-corrected chi connectivity index (χ3v) is 5.13. The molecule has 0 bridgehead atoms. The Kier molecular flexibility index (Phi) is 4.62. The van der Waals surface area contributed by atoms with Gasteiger partial charge >= 0.3 is 0 Å². The van der Waals surface area contributed by atoms with Gasteiger partial charge in [-0.1, -0.05) is 22.9 Å². The van der Waals surface area contributed by atoms with E-state index in [0.717, 1.165) is 39.3 Å². The molecule has 21 heavy (non-hydrogen) atoms. The topological polar surface area (TPSA) is 30.7 Å². The highest BCUT2D eigenvalue weighted by molar-refractivity contribution is 9.10. The molecule has 6 heteroatoms. The molecule has 0 saturated heterocycles. The maximum Gasteiger partial charge on any atom is 0.111 e. The molecule has 0 aliphatic heterocycles. The SMILES string of the molecule is CC(Cn1c(CCCl)nc2cc(Br)ccc21)c1nccs1. The number of halogens is 2. The Labute approximate surface area is 141 Å². The van der Waals surface area contributed by atoms with Crippen LogP contribution in [-0.4, -0.2) is 20.4 Å². The fourth-order valence-electron chi connectivity index (χ4n) is 2.46. The van der Waals surface area contributed by atoms with E-state index in [9.17, 15) is 0 Å². The van der Waals surface area contributed by atoms with E-state index in [4.69, 9.17) is 16.6 Å². The first kappa shape index (κ1) is 15.0. The summed E-state index contributed by atoms with van der Waals surface area (Å²) in [5, 5.41) is 3.18. The third-order valence-electron chi connectivity index (χ3n) is 3.44. The fraction of sp³-hybridized carbons (Fsp3) is 0.333. The zero-order chi connectivity index (χ0) is 14.8. The first-order valence-electron chi connectivity index (χ1n) is 6.79. The number of nitrogens with zero attached hydrogens (tertiary/aromatic N) is 3. The van der Waals surface area contributed by atoms with Crippen molar-refractivity contribution in [3.8, 4) is 0 Å². The van der Waals surface area contributed by atoms with Gasteiger partial charge in [0.2, 0.25) is 0 Å². The molecule has 2 aromatic heterocycles. The van der Waals surface area contributed by atoms with E-state index in [1.54, 1.807) is 11.3 Å². The lowest BCUT2D eigenvalue weighted by atomic mass is 10.2. The lowest BCUT2D eigenvalue weighted by Gasteiger charge is -2.13. The van der Waals surface area contributed by atoms with E-state index in [1.807, 2.05) is 11.6 Å². The maximum absolute atomic E-state index is 5.93. The van der Waals surface area contributed by atoms with Crippen molar-refractivity contribution in [3.63, 3.8) is 0 Å². The number of hydrogen-bond donors (Lipinski definition) is 0. The summed E-state index contributed by atoms with van der Waals surface area (Å²) in [6.45, 7) is 3.08. The smallest absolute Gasteiger partial charge is 0.111 e. The van der Waals surface area contributed by atoms with Gasteiger partial charge in [0.25, 0.3) is 0 Å². The van der Waals surface area contributed by atoms with Gasteiger partial charge in [0.15, 0.2) is 0 Å². The van der Waals surface area contributed by atoms with Gasteiger partial charge in [-0.15, -0.1) is 22.9 Å². The van der Waals surface area contributed by atoms with Crippen molar-refractivity contribution < 1.29 is 0 Å². The molecule has 0 aliphatic rings. The van der Waals surface area contributed by atoms with Crippen molar-refractivity contribution in [1.82, 2.24) is 14.5 Å². The van der Waals surface area contributed by atoms with Crippen molar-refractivity contribution in [3.05, 3.63) is 45.1 Å². The first-order valence-corrected chi connectivity index (χ1v) is 8.99. The molecule has 3 aromatic rings. The minimum absolute atomic E-state index is 0.361. The Morgan fingerprint density at radius 2 is 2.29 bits per heavy atom. The van der Waals surface area contributed by atoms with Crippen LogP contribution in [0.4, 0.5) is 0 Å². The molecule has 0 spiro atoms. The number of aromatic nitrogens is 3. The van der Waals surface area contributed by atoms with Crippen LogP contribution < -0.4 is 0 Å². The van der Waals surface area contributed by atoms with Crippen LogP contribution in [-0.2, 0) is 13.0 Å². The molecule has 3 nitrogen and oxygen atoms in total. The predicted octanol–water partition coefficient (Wildman–Crippen LogP) is 4.84. The standard InChI is InChI=1S/C15H15BrClN3S/c1-10(15-18-6-7-21-15)9-20-13-3-2-11(16)8-12(13)19-14(20)4-5-17/h2-3,6-8,10H,4-5,9H2,1H3. The van der Waals surface area contributed by atoms with Gasteiger partial charge in [0, 0.05) is 40.8 Å². The van der Waals surface area contributed by atoms with E-state index >= 15 is 0 Å². The molecule has 2 heterocycles. The summed E-state index contributed by atoms with van der Waals surface area (Å²) in [4.78, 5) is 9.15. The fourth-order valence-corrected chi connectivity index (χ4v) is 3.67. The summed E-state index contributed by atoms with van der Waals surface area (Å²) in [6.07, 6.45) is 2.64. The minimum Gasteiger partial charge on any atom is -0.327 e. The van der Waals surface area contributed by atoms with Gasteiger partial charge in [-0.3, -0.25) is 0 Å². The molecular formula is C15H15BrClN3S. The summed E-state index contributed by atoms with van der Waals surface area (Å²) in [6, 6.07) is 6.22. The van der Waals surface area contributed by atoms with Crippen molar-refractivity contribution in [1.29, 1.82) is 0 Å². The molecule has 0 saturated carbocycles. The number of hydrogen-bond acceptors (Lipinski definition) is 3. The molecule has 0 amide bonds. The molecule has 0 fully saturated rings. The quantitative estimate of drug-likeness (QED) is 0.589. The van der Waals surface area contributed by atoms with E-state index in [-0.39, 0.29) is 0 Å². The van der Waals surface area contributed by atoms with Crippen LogP contribution in [0.1, 0.15) is 23.7 Å². The zero-order valence-corrected chi connectivity index (χ0v) is 14.7. The lowest BCUT2D eigenvalue weighted by molar-refractivity contribution is 0.586. The number of alkyl halides is 1. The monoisotopic (exact) mass is 383 g/mol. The van der Waals surface area contributed by atoms with Gasteiger partial charge < -0.3 is 4.57 Å². The Hall–Kier alpha value is -0.910. The summed E-state index contributed by atoms with van der Waals surface area (Å²) in [5.41, 5.74) is 2.16. The summed E-state index contributed by atoms with van der Waals surface area (Å²) in [5.74, 6) is 1.98. The normalized spacial score (nSPS) is 12.9. The second kappa shape index (κ2) is 6.46. The van der Waals surface area contributed by atoms with Crippen LogP contribution in [0.5, 0.6) is 0 Å². The predicted molar refractivity (Wildman–Crippen MR) is 92.4 cm³/mol. The van der Waals surface area contributed by atoms with Crippen molar-refractivity contribution in [2.75, 3.05) is 5.88 Å². The highest BCUT2D eigenvalue weighted by atomic mass is 79.9. The van der Waals surface area contributed by atoms with Crippen LogP contribution in [0.25, 0.3) is 11.0 Å². The van der Waals surface area contributed by atoms with Gasteiger partial charge in [-0.05, 0) is 18.2 Å². The van der Waals surface area contributed by atoms with Gasteiger partial charge in [0.05, 0.1) is 16.0 Å². The van der Waals surface area contributed by atoms with Crippen molar-refractivity contribution in [2.24, 2.45) is 0 Å². The van der Waals surface area contributed by atoms with E-state index in [0.29, 0.717) is 11.8 Å². The number of thiazole rings is 1. The van der Waals surface area contributed by atoms with E-state index in [1.165, 1.54) is 0 Å². The van der Waals surface area contributed by atoms with Crippen LogP contribution >= 0.6 is 38.9 Å². The van der Waals surface area contributed by atoms with E-state index in [2.05, 4.69) is 50.6 Å². The number of rotatable bonds is 5. The van der Waals surface area contributed by atoms with Gasteiger partial charge in [0.1, 0.15) is 5.82 Å². The van der Waals surface area contributed by atoms with Crippen LogP contribution in [0.15, 0.2) is 34.2 Å². The molecule has 0 radical (unpaired) electrons. The molecular weight excluding hydrogens is 370 g/mol. The van der Waals surface area contributed by atoms with Gasteiger partial charge in [-0.2, -0.15) is 0 Å². The molecule has 0 N–H and O–H groups in total. The summed E-state index contributed by atoms with van der Waals surface area (Å²) >= 11 is 11.1. The minimum atomic E-state index is 0.361. The Morgan fingerprint density at radius 1 is 1.43 bits per heavy atom. The molecule has 0 aliphatic carbocycles. The Bertz CT molecular complexity index is 739. The van der Waals surface area contributed by atoms with E-state index < -0.39 is 0 Å². The second-order valence-corrected chi connectivity index (χ2v) is 7.20. The largest absolute Gasteiger partial charge is 0.327 e. The zero-order valence-electron chi connectivity index (χ0n) is 11.6. The summed E-state index contributed by atoms with van der Waals surface area (Å²) < 4.78 is 3.32. The highest BCUT2D eigenvalue weighted by Gasteiger charge is 2.15. The highest BCUT2D eigenvalue weighted by Crippen LogP contribution is 2.26. The first-order chi connectivity index (χ1) is 10.2. The average Bonchev–Trinajstić information content (AvgIpc) is 3.08. The average molecular weight is 385 g/mol. The van der Waals surface area contributed by atoms with Crippen LogP contribution in [0.3, 0.4) is 0 Å².